The maximum Gasteiger partial charge on any atom is 0.230 e. The molecule has 0 bridgehead atoms. The van der Waals surface area contributed by atoms with Crippen molar-refractivity contribution in [1.82, 2.24) is 30.0 Å². The number of carbonyl (C=O) groups is 1. The van der Waals surface area contributed by atoms with Gasteiger partial charge in [-0.05, 0) is 19.3 Å². The zero-order chi connectivity index (χ0) is 14.7. The van der Waals surface area contributed by atoms with Crippen LogP contribution in [0.4, 0.5) is 0 Å². The van der Waals surface area contributed by atoms with E-state index in [1.165, 1.54) is 0 Å². The molecule has 1 aliphatic rings. The second-order valence-electron chi connectivity index (χ2n) is 5.11. The van der Waals surface area contributed by atoms with Crippen molar-refractivity contribution >= 4 is 5.91 Å². The van der Waals surface area contributed by atoms with Crippen molar-refractivity contribution in [3.63, 3.8) is 0 Å². The summed E-state index contributed by atoms with van der Waals surface area (Å²) in [5, 5.41) is 11.4. The maximum atomic E-state index is 12.2. The first-order valence-corrected chi connectivity index (χ1v) is 7.28. The summed E-state index contributed by atoms with van der Waals surface area (Å²) in [6, 6.07) is 0. The zero-order valence-corrected chi connectivity index (χ0v) is 12.0. The average molecular weight is 286 g/mol. The molecule has 7 nitrogen and oxygen atoms in total. The van der Waals surface area contributed by atoms with Crippen LogP contribution in [0.3, 0.4) is 0 Å². The number of nitrogens with zero attached hydrogens (tertiary/aromatic N) is 5. The van der Waals surface area contributed by atoms with Gasteiger partial charge in [0.1, 0.15) is 11.5 Å². The lowest BCUT2D eigenvalue weighted by Gasteiger charge is -2.22. The van der Waals surface area contributed by atoms with Gasteiger partial charge < -0.3 is 9.88 Å². The molecule has 3 rings (SSSR count). The molecular weight excluding hydrogens is 268 g/mol. The molecule has 0 fully saturated rings. The molecule has 2 aromatic heterocycles. The molecule has 3 heterocycles. The smallest absolute Gasteiger partial charge is 0.230 e. The second-order valence-corrected chi connectivity index (χ2v) is 5.11. The molecule has 2 aromatic rings. The van der Waals surface area contributed by atoms with E-state index in [1.807, 2.05) is 11.5 Å². The van der Waals surface area contributed by atoms with Gasteiger partial charge in [0.15, 0.2) is 5.82 Å². The van der Waals surface area contributed by atoms with Gasteiger partial charge in [-0.15, -0.1) is 10.2 Å². The number of hydrogen-bond donors (Lipinski definition) is 1. The van der Waals surface area contributed by atoms with Crippen LogP contribution >= 0.6 is 0 Å². The van der Waals surface area contributed by atoms with Crippen LogP contribution in [-0.4, -0.2) is 37.2 Å². The molecule has 0 saturated carbocycles. The number of fused-ring (bicyclic) bond motifs is 1. The van der Waals surface area contributed by atoms with Crippen molar-refractivity contribution in [3.05, 3.63) is 24.4 Å². The fourth-order valence-electron chi connectivity index (χ4n) is 2.60. The minimum absolute atomic E-state index is 0.0379. The third-order valence-electron chi connectivity index (χ3n) is 3.62. The van der Waals surface area contributed by atoms with Crippen LogP contribution < -0.4 is 5.32 Å². The molecular formula is C14H18N6O. The van der Waals surface area contributed by atoms with Gasteiger partial charge in [-0.2, -0.15) is 0 Å². The molecule has 110 valence electrons. The first kappa shape index (κ1) is 13.7. The summed E-state index contributed by atoms with van der Waals surface area (Å²) in [7, 11) is 0. The standard InChI is InChI=1S/C14H18N6O/c1-2-5-17-14(21)10-4-3-8-20-12(10)18-19-13(20)11-9-15-6-7-16-11/h6-7,9-10H,2-5,8H2,1H3,(H,17,21). The van der Waals surface area contributed by atoms with Crippen molar-refractivity contribution in [2.45, 2.75) is 38.6 Å². The third-order valence-corrected chi connectivity index (χ3v) is 3.62. The van der Waals surface area contributed by atoms with Crippen LogP contribution in [0.1, 0.15) is 37.9 Å². The fraction of sp³-hybridized carbons (Fsp3) is 0.500. The predicted molar refractivity (Wildman–Crippen MR) is 76.3 cm³/mol. The molecule has 0 aliphatic carbocycles. The van der Waals surface area contributed by atoms with Crippen LogP contribution in [0.25, 0.3) is 11.5 Å². The lowest BCUT2D eigenvalue weighted by atomic mass is 9.97. The van der Waals surface area contributed by atoms with Gasteiger partial charge in [0.05, 0.1) is 12.1 Å². The summed E-state index contributed by atoms with van der Waals surface area (Å²) in [5.74, 6) is 1.24. The molecule has 0 radical (unpaired) electrons. The Morgan fingerprint density at radius 3 is 3.10 bits per heavy atom. The van der Waals surface area contributed by atoms with E-state index in [0.717, 1.165) is 31.6 Å². The van der Waals surface area contributed by atoms with Gasteiger partial charge in [-0.3, -0.25) is 9.78 Å². The monoisotopic (exact) mass is 286 g/mol. The van der Waals surface area contributed by atoms with Crippen molar-refractivity contribution in [2.24, 2.45) is 0 Å². The highest BCUT2D eigenvalue weighted by Crippen LogP contribution is 2.29. The van der Waals surface area contributed by atoms with Crippen LogP contribution in [0.15, 0.2) is 18.6 Å². The van der Waals surface area contributed by atoms with Crippen LogP contribution in [0.2, 0.25) is 0 Å². The van der Waals surface area contributed by atoms with Crippen LogP contribution in [0.5, 0.6) is 0 Å². The van der Waals surface area contributed by atoms with Gasteiger partial charge in [-0.1, -0.05) is 6.92 Å². The normalized spacial score (nSPS) is 17.3. The van der Waals surface area contributed by atoms with E-state index in [9.17, 15) is 4.79 Å². The SMILES string of the molecule is CCCNC(=O)C1CCCn2c(-c3cnccn3)nnc21. The first-order chi connectivity index (χ1) is 10.3. The molecule has 0 aromatic carbocycles. The van der Waals surface area contributed by atoms with Gasteiger partial charge >= 0.3 is 0 Å². The largest absolute Gasteiger partial charge is 0.355 e. The van der Waals surface area contributed by atoms with Crippen molar-refractivity contribution in [2.75, 3.05) is 6.54 Å². The topological polar surface area (TPSA) is 85.6 Å². The van der Waals surface area contributed by atoms with Gasteiger partial charge in [0, 0.05) is 25.5 Å². The van der Waals surface area contributed by atoms with E-state index >= 15 is 0 Å². The minimum atomic E-state index is -0.219. The Bertz CT molecular complexity index is 624. The summed E-state index contributed by atoms with van der Waals surface area (Å²) in [5.41, 5.74) is 0.686. The zero-order valence-electron chi connectivity index (χ0n) is 12.0. The third kappa shape index (κ3) is 2.63. The summed E-state index contributed by atoms with van der Waals surface area (Å²) < 4.78 is 1.99. The quantitative estimate of drug-likeness (QED) is 0.911. The predicted octanol–water partition coefficient (Wildman–Crippen LogP) is 1.14. The Kier molecular flexibility index (Phi) is 3.89. The van der Waals surface area contributed by atoms with Crippen LogP contribution in [0, 0.1) is 0 Å². The number of hydrogen-bond acceptors (Lipinski definition) is 5. The maximum absolute atomic E-state index is 12.2. The van der Waals surface area contributed by atoms with Crippen molar-refractivity contribution in [1.29, 1.82) is 0 Å². The first-order valence-electron chi connectivity index (χ1n) is 7.28. The fourth-order valence-corrected chi connectivity index (χ4v) is 2.60. The van der Waals surface area contributed by atoms with E-state index in [0.29, 0.717) is 18.1 Å². The minimum Gasteiger partial charge on any atom is -0.355 e. The molecule has 1 atom stereocenters. The highest BCUT2D eigenvalue weighted by atomic mass is 16.1. The number of nitrogens with one attached hydrogen (secondary N) is 1. The second kappa shape index (κ2) is 5.99. The highest BCUT2D eigenvalue weighted by molar-refractivity contribution is 5.83. The molecule has 21 heavy (non-hydrogen) atoms. The Morgan fingerprint density at radius 1 is 1.43 bits per heavy atom. The van der Waals surface area contributed by atoms with Gasteiger partial charge in [0.2, 0.25) is 5.91 Å². The Balaban J connectivity index is 1.90. The summed E-state index contributed by atoms with van der Waals surface area (Å²) in [6.07, 6.45) is 7.59. The summed E-state index contributed by atoms with van der Waals surface area (Å²) in [4.78, 5) is 20.6. The Hall–Kier alpha value is -2.31. The van der Waals surface area contributed by atoms with E-state index in [1.54, 1.807) is 18.6 Å². The van der Waals surface area contributed by atoms with Crippen molar-refractivity contribution < 1.29 is 4.79 Å². The molecule has 0 spiro atoms. The number of aromatic nitrogens is 5. The van der Waals surface area contributed by atoms with Gasteiger partial charge in [-0.25, -0.2) is 4.98 Å². The summed E-state index contributed by atoms with van der Waals surface area (Å²) in [6.45, 7) is 3.54. The summed E-state index contributed by atoms with van der Waals surface area (Å²) >= 11 is 0. The molecule has 7 heteroatoms. The van der Waals surface area contributed by atoms with Crippen molar-refractivity contribution in [3.8, 4) is 11.5 Å². The van der Waals surface area contributed by atoms with E-state index in [2.05, 4.69) is 25.5 Å². The lowest BCUT2D eigenvalue weighted by Crippen LogP contribution is -2.33. The van der Waals surface area contributed by atoms with Gasteiger partial charge in [0.25, 0.3) is 0 Å². The number of carbonyl (C=O) groups excluding carboxylic acids is 1. The Morgan fingerprint density at radius 2 is 2.33 bits per heavy atom. The molecule has 1 amide bonds. The molecule has 1 N–H and O–H groups in total. The highest BCUT2D eigenvalue weighted by Gasteiger charge is 2.31. The molecule has 1 aliphatic heterocycles. The lowest BCUT2D eigenvalue weighted by molar-refractivity contribution is -0.123. The van der Waals surface area contributed by atoms with Crippen LogP contribution in [-0.2, 0) is 11.3 Å². The molecule has 0 saturated heterocycles. The number of rotatable bonds is 4. The average Bonchev–Trinajstić information content (AvgIpc) is 2.97. The van der Waals surface area contributed by atoms with E-state index in [4.69, 9.17) is 0 Å². The Labute approximate surface area is 122 Å². The molecule has 1 unspecified atom stereocenters. The van der Waals surface area contributed by atoms with E-state index < -0.39 is 0 Å². The number of amides is 1. The van der Waals surface area contributed by atoms with E-state index in [-0.39, 0.29) is 11.8 Å².